The Morgan fingerprint density at radius 3 is 2.66 bits per heavy atom. The van der Waals surface area contributed by atoms with Crippen LogP contribution in [0.2, 0.25) is 0 Å². The molecule has 9 nitrogen and oxygen atoms in total. The molecule has 168 valence electrons. The average Bonchev–Trinajstić information content (AvgIpc) is 3.42. The van der Waals surface area contributed by atoms with Gasteiger partial charge in [0.05, 0.1) is 5.39 Å². The maximum Gasteiger partial charge on any atom is 0.341 e. The van der Waals surface area contributed by atoms with Crippen molar-refractivity contribution >= 4 is 40.3 Å². The van der Waals surface area contributed by atoms with Gasteiger partial charge in [-0.1, -0.05) is 12.2 Å². The van der Waals surface area contributed by atoms with Crippen molar-refractivity contribution in [2.45, 2.75) is 32.4 Å². The predicted molar refractivity (Wildman–Crippen MR) is 125 cm³/mol. The summed E-state index contributed by atoms with van der Waals surface area (Å²) in [5, 5.41) is 13.9. The number of hydrogen-bond acceptors (Lipinski definition) is 6. The molecule has 2 aromatic rings. The molecule has 3 heterocycles. The SMILES string of the molecule is CCn1cc(C(=O)O)c(=O)c2cnc(N3CCN(C(=S)N[C@@H]4C[C@@H]5C=C[C@@H]4C5)CC3)nc21. The van der Waals surface area contributed by atoms with Crippen LogP contribution in [-0.2, 0) is 6.54 Å². The molecule has 0 spiro atoms. The second-order valence-corrected chi connectivity index (χ2v) is 9.07. The van der Waals surface area contributed by atoms with Crippen molar-refractivity contribution in [3.63, 3.8) is 0 Å². The minimum atomic E-state index is -1.25. The fourth-order valence-electron chi connectivity index (χ4n) is 5.02. The van der Waals surface area contributed by atoms with E-state index in [0.717, 1.165) is 24.6 Å². The van der Waals surface area contributed by atoms with Crippen molar-refractivity contribution in [1.29, 1.82) is 0 Å². The van der Waals surface area contributed by atoms with E-state index in [1.54, 1.807) is 4.57 Å². The van der Waals surface area contributed by atoms with Gasteiger partial charge in [0.2, 0.25) is 11.4 Å². The fraction of sp³-hybridized carbons (Fsp3) is 0.500. The van der Waals surface area contributed by atoms with E-state index in [1.165, 1.54) is 18.8 Å². The second-order valence-electron chi connectivity index (χ2n) is 8.68. The number of carboxylic acid groups (broad SMARTS) is 1. The number of piperazine rings is 1. The number of nitrogens with one attached hydrogen (secondary N) is 1. The largest absolute Gasteiger partial charge is 0.477 e. The molecule has 2 fully saturated rings. The smallest absolute Gasteiger partial charge is 0.341 e. The molecular formula is C22H26N6O3S. The van der Waals surface area contributed by atoms with E-state index in [-0.39, 0.29) is 10.9 Å². The lowest BCUT2D eigenvalue weighted by atomic mass is 10.0. The lowest BCUT2D eigenvalue weighted by molar-refractivity contribution is 0.0695. The number of fused-ring (bicyclic) bond motifs is 3. The third-order valence-electron chi connectivity index (χ3n) is 6.81. The van der Waals surface area contributed by atoms with Crippen molar-refractivity contribution in [1.82, 2.24) is 24.8 Å². The number of anilines is 1. The van der Waals surface area contributed by atoms with E-state index in [0.29, 0.717) is 49.1 Å². The van der Waals surface area contributed by atoms with Crippen molar-refractivity contribution < 1.29 is 9.90 Å². The van der Waals surface area contributed by atoms with Crippen molar-refractivity contribution in [3.05, 3.63) is 40.3 Å². The molecule has 5 rings (SSSR count). The minimum Gasteiger partial charge on any atom is -0.477 e. The highest BCUT2D eigenvalue weighted by molar-refractivity contribution is 7.80. The van der Waals surface area contributed by atoms with Gasteiger partial charge in [-0.05, 0) is 43.8 Å². The molecule has 2 aromatic heterocycles. The number of aromatic nitrogens is 3. The summed E-state index contributed by atoms with van der Waals surface area (Å²) in [5.74, 6) is 0.599. The monoisotopic (exact) mass is 454 g/mol. The van der Waals surface area contributed by atoms with Gasteiger partial charge in [0.15, 0.2) is 5.11 Å². The number of carbonyl (C=O) groups is 1. The number of allylic oxidation sites excluding steroid dienone is 1. The van der Waals surface area contributed by atoms with Crippen LogP contribution in [0.3, 0.4) is 0 Å². The Bertz CT molecular complexity index is 1170. The van der Waals surface area contributed by atoms with E-state index in [4.69, 9.17) is 12.2 Å². The molecule has 3 atom stereocenters. The molecule has 1 saturated heterocycles. The number of thiocarbonyl (C=S) groups is 1. The van der Waals surface area contributed by atoms with Crippen LogP contribution in [0.4, 0.5) is 5.95 Å². The molecular weight excluding hydrogens is 428 g/mol. The summed E-state index contributed by atoms with van der Waals surface area (Å²) in [5.41, 5.74) is -0.367. The van der Waals surface area contributed by atoms with Crippen LogP contribution in [0.25, 0.3) is 11.0 Å². The van der Waals surface area contributed by atoms with E-state index in [9.17, 15) is 14.7 Å². The second kappa shape index (κ2) is 8.16. The fourth-order valence-corrected chi connectivity index (χ4v) is 5.35. The molecule has 0 aromatic carbocycles. The van der Waals surface area contributed by atoms with Crippen molar-refractivity contribution in [2.75, 3.05) is 31.1 Å². The predicted octanol–water partition coefficient (Wildman–Crippen LogP) is 1.47. The number of aryl methyl sites for hydroxylation is 1. The number of pyridine rings is 1. The van der Waals surface area contributed by atoms with E-state index in [2.05, 4.69) is 37.2 Å². The Labute approximate surface area is 190 Å². The Hall–Kier alpha value is -3.01. The highest BCUT2D eigenvalue weighted by Crippen LogP contribution is 2.39. The first-order valence-corrected chi connectivity index (χ1v) is 11.5. The standard InChI is InChI=1S/C22H26N6O3S/c1-2-26-12-16(20(30)31)18(29)15-11-23-21(25-19(15)26)27-5-7-28(8-6-27)22(32)24-17-10-13-3-4-14(17)9-13/h3-4,11-14,17H,2,5-10H2,1H3,(H,24,32)(H,30,31)/t13-,14-,17-/m1/s1. The van der Waals surface area contributed by atoms with Crippen LogP contribution < -0.4 is 15.6 Å². The summed E-state index contributed by atoms with van der Waals surface area (Å²) in [6.07, 6.45) is 9.85. The van der Waals surface area contributed by atoms with Crippen molar-refractivity contribution in [2.24, 2.45) is 11.8 Å². The number of carboxylic acids is 1. The Balaban J connectivity index is 1.29. The first-order valence-electron chi connectivity index (χ1n) is 11.1. The number of nitrogens with zero attached hydrogens (tertiary/aromatic N) is 5. The molecule has 0 unspecified atom stereocenters. The molecule has 10 heteroatoms. The minimum absolute atomic E-state index is 0.222. The van der Waals surface area contributed by atoms with Gasteiger partial charge in [-0.3, -0.25) is 4.79 Å². The van der Waals surface area contributed by atoms with Crippen LogP contribution in [-0.4, -0.2) is 67.8 Å². The van der Waals surface area contributed by atoms with E-state index >= 15 is 0 Å². The number of hydrogen-bond donors (Lipinski definition) is 2. The maximum atomic E-state index is 12.5. The third-order valence-corrected chi connectivity index (χ3v) is 7.19. The molecule has 2 bridgehead atoms. The number of rotatable bonds is 4. The summed E-state index contributed by atoms with van der Waals surface area (Å²) in [7, 11) is 0. The Kier molecular flexibility index (Phi) is 5.32. The molecule has 0 radical (unpaired) electrons. The van der Waals surface area contributed by atoms with Gasteiger partial charge < -0.3 is 24.8 Å². The van der Waals surface area contributed by atoms with Gasteiger partial charge in [0.1, 0.15) is 11.2 Å². The highest BCUT2D eigenvalue weighted by atomic mass is 32.1. The Morgan fingerprint density at radius 2 is 2.03 bits per heavy atom. The summed E-state index contributed by atoms with van der Waals surface area (Å²) < 4.78 is 1.68. The van der Waals surface area contributed by atoms with Gasteiger partial charge in [-0.15, -0.1) is 0 Å². The summed E-state index contributed by atoms with van der Waals surface area (Å²) in [4.78, 5) is 37.2. The molecule has 3 aliphatic rings. The quantitative estimate of drug-likeness (QED) is 0.525. The zero-order valence-corrected chi connectivity index (χ0v) is 18.7. The van der Waals surface area contributed by atoms with E-state index < -0.39 is 11.4 Å². The maximum absolute atomic E-state index is 12.5. The van der Waals surface area contributed by atoms with Crippen LogP contribution in [0, 0.1) is 11.8 Å². The van der Waals surface area contributed by atoms with Gasteiger partial charge in [0, 0.05) is 51.2 Å². The summed E-state index contributed by atoms with van der Waals surface area (Å²) in [6.45, 7) is 5.35. The molecule has 1 aliphatic heterocycles. The van der Waals surface area contributed by atoms with Crippen LogP contribution in [0.1, 0.15) is 30.1 Å². The molecule has 1 saturated carbocycles. The van der Waals surface area contributed by atoms with Gasteiger partial charge in [-0.25, -0.2) is 9.78 Å². The van der Waals surface area contributed by atoms with Gasteiger partial charge in [-0.2, -0.15) is 4.98 Å². The molecule has 2 N–H and O–H groups in total. The Morgan fingerprint density at radius 1 is 1.25 bits per heavy atom. The van der Waals surface area contributed by atoms with Gasteiger partial charge >= 0.3 is 5.97 Å². The molecule has 0 amide bonds. The normalized spacial score (nSPS) is 24.3. The lowest BCUT2D eigenvalue weighted by Crippen LogP contribution is -2.54. The first-order chi connectivity index (χ1) is 15.4. The third kappa shape index (κ3) is 3.62. The van der Waals surface area contributed by atoms with E-state index in [1.807, 2.05) is 6.92 Å². The van der Waals surface area contributed by atoms with Crippen LogP contribution >= 0.6 is 12.2 Å². The number of aromatic carboxylic acids is 1. The zero-order valence-electron chi connectivity index (χ0n) is 17.9. The molecule has 2 aliphatic carbocycles. The van der Waals surface area contributed by atoms with Crippen LogP contribution in [0.5, 0.6) is 0 Å². The summed E-state index contributed by atoms with van der Waals surface area (Å²) >= 11 is 5.68. The van der Waals surface area contributed by atoms with Crippen molar-refractivity contribution in [3.8, 4) is 0 Å². The van der Waals surface area contributed by atoms with Gasteiger partial charge in [0.25, 0.3) is 0 Å². The van der Waals surface area contributed by atoms with Crippen LogP contribution in [0.15, 0.2) is 29.3 Å². The first kappa shape index (κ1) is 20.9. The highest BCUT2D eigenvalue weighted by Gasteiger charge is 2.36. The summed E-state index contributed by atoms with van der Waals surface area (Å²) in [6, 6.07) is 0.445. The topological polar surface area (TPSA) is 104 Å². The lowest BCUT2D eigenvalue weighted by Gasteiger charge is -2.37. The zero-order chi connectivity index (χ0) is 22.4. The molecule has 32 heavy (non-hydrogen) atoms. The average molecular weight is 455 g/mol.